The standard InChI is InChI=1S/C25H31N3O2/c29-24(20-26-17-13-22(14-18-26)25(30)27-15-7-8-16-27)28(23-11-5-2-6-12-23)19-21-9-3-1-4-10-21/h1-6,9-12,22H,7-8,13-20H2. The summed E-state index contributed by atoms with van der Waals surface area (Å²) in [6, 6.07) is 20.0. The molecular formula is C25H31N3O2. The average Bonchev–Trinajstić information content (AvgIpc) is 3.34. The van der Waals surface area contributed by atoms with Gasteiger partial charge in [-0.3, -0.25) is 14.5 Å². The molecule has 2 aliphatic rings. The van der Waals surface area contributed by atoms with E-state index in [0.29, 0.717) is 19.0 Å². The van der Waals surface area contributed by atoms with E-state index in [2.05, 4.69) is 17.0 Å². The molecule has 2 aromatic rings. The van der Waals surface area contributed by atoms with Gasteiger partial charge in [-0.15, -0.1) is 0 Å². The molecule has 2 fully saturated rings. The molecule has 2 aliphatic heterocycles. The fraction of sp³-hybridized carbons (Fsp3) is 0.440. The van der Waals surface area contributed by atoms with E-state index in [-0.39, 0.29) is 11.8 Å². The maximum Gasteiger partial charge on any atom is 0.241 e. The zero-order valence-corrected chi connectivity index (χ0v) is 17.6. The summed E-state index contributed by atoms with van der Waals surface area (Å²) in [4.78, 5) is 32.0. The molecule has 5 heteroatoms. The minimum atomic E-state index is 0.106. The molecule has 0 aromatic heterocycles. The van der Waals surface area contributed by atoms with Crippen LogP contribution in [0.2, 0.25) is 0 Å². The molecule has 2 aromatic carbocycles. The largest absolute Gasteiger partial charge is 0.342 e. The van der Waals surface area contributed by atoms with Crippen LogP contribution in [0.3, 0.4) is 0 Å². The Morgan fingerprint density at radius 3 is 2.07 bits per heavy atom. The number of benzene rings is 2. The lowest BCUT2D eigenvalue weighted by molar-refractivity contribution is -0.136. The van der Waals surface area contributed by atoms with Gasteiger partial charge in [-0.2, -0.15) is 0 Å². The van der Waals surface area contributed by atoms with Gasteiger partial charge in [0.25, 0.3) is 0 Å². The number of nitrogens with zero attached hydrogens (tertiary/aromatic N) is 3. The summed E-state index contributed by atoms with van der Waals surface area (Å²) < 4.78 is 0. The van der Waals surface area contributed by atoms with Crippen molar-refractivity contribution in [3.8, 4) is 0 Å². The lowest BCUT2D eigenvalue weighted by atomic mass is 9.95. The zero-order chi connectivity index (χ0) is 20.8. The van der Waals surface area contributed by atoms with Crippen LogP contribution in [0.15, 0.2) is 60.7 Å². The zero-order valence-electron chi connectivity index (χ0n) is 17.6. The van der Waals surface area contributed by atoms with Gasteiger partial charge in [0.1, 0.15) is 0 Å². The van der Waals surface area contributed by atoms with Gasteiger partial charge in [0, 0.05) is 24.7 Å². The first-order valence-electron chi connectivity index (χ1n) is 11.1. The SMILES string of the molecule is O=C(C1CCN(CC(=O)N(Cc2ccccc2)c2ccccc2)CC1)N1CCCC1. The Labute approximate surface area is 179 Å². The predicted octanol–water partition coefficient (Wildman–Crippen LogP) is 3.55. The third-order valence-electron chi connectivity index (χ3n) is 6.27. The molecule has 0 atom stereocenters. The van der Waals surface area contributed by atoms with Crippen LogP contribution < -0.4 is 4.90 Å². The van der Waals surface area contributed by atoms with Crippen molar-refractivity contribution in [2.24, 2.45) is 5.92 Å². The van der Waals surface area contributed by atoms with Gasteiger partial charge in [0.2, 0.25) is 11.8 Å². The molecule has 0 N–H and O–H groups in total. The summed E-state index contributed by atoms with van der Waals surface area (Å²) >= 11 is 0. The van der Waals surface area contributed by atoms with Crippen LogP contribution in [0, 0.1) is 5.92 Å². The summed E-state index contributed by atoms with van der Waals surface area (Å²) in [6.45, 7) is 4.42. The van der Waals surface area contributed by atoms with Gasteiger partial charge in [-0.05, 0) is 56.5 Å². The summed E-state index contributed by atoms with van der Waals surface area (Å²) in [7, 11) is 0. The number of carbonyl (C=O) groups is 2. The summed E-state index contributed by atoms with van der Waals surface area (Å²) in [5, 5.41) is 0. The topological polar surface area (TPSA) is 43.9 Å². The Bertz CT molecular complexity index is 826. The van der Waals surface area contributed by atoms with Crippen molar-refractivity contribution in [3.05, 3.63) is 66.2 Å². The number of hydrogen-bond donors (Lipinski definition) is 0. The monoisotopic (exact) mass is 405 g/mol. The molecule has 2 heterocycles. The highest BCUT2D eigenvalue weighted by Gasteiger charge is 2.31. The van der Waals surface area contributed by atoms with Crippen molar-refractivity contribution in [3.63, 3.8) is 0 Å². The first kappa shape index (κ1) is 20.6. The molecule has 0 unspecified atom stereocenters. The number of hydrogen-bond acceptors (Lipinski definition) is 3. The minimum Gasteiger partial charge on any atom is -0.342 e. The number of carbonyl (C=O) groups excluding carboxylic acids is 2. The number of rotatable bonds is 6. The van der Waals surface area contributed by atoms with E-state index >= 15 is 0 Å². The van der Waals surface area contributed by atoms with Crippen LogP contribution in [0.25, 0.3) is 0 Å². The van der Waals surface area contributed by atoms with Crippen LogP contribution in [0.4, 0.5) is 5.69 Å². The second-order valence-electron chi connectivity index (χ2n) is 8.38. The predicted molar refractivity (Wildman–Crippen MR) is 119 cm³/mol. The molecule has 158 valence electrons. The number of piperidine rings is 1. The molecule has 30 heavy (non-hydrogen) atoms. The average molecular weight is 406 g/mol. The van der Waals surface area contributed by atoms with Gasteiger partial charge in [0.05, 0.1) is 13.1 Å². The lowest BCUT2D eigenvalue weighted by Crippen LogP contribution is -2.46. The second-order valence-corrected chi connectivity index (χ2v) is 8.38. The molecular weight excluding hydrogens is 374 g/mol. The van der Waals surface area contributed by atoms with Crippen molar-refractivity contribution >= 4 is 17.5 Å². The summed E-state index contributed by atoms with van der Waals surface area (Å²) in [6.07, 6.45) is 3.98. The van der Waals surface area contributed by atoms with Crippen molar-refractivity contribution in [2.45, 2.75) is 32.2 Å². The maximum absolute atomic E-state index is 13.2. The van der Waals surface area contributed by atoms with Crippen molar-refractivity contribution in [2.75, 3.05) is 37.6 Å². The first-order valence-corrected chi connectivity index (χ1v) is 11.1. The minimum absolute atomic E-state index is 0.106. The van der Waals surface area contributed by atoms with Gasteiger partial charge >= 0.3 is 0 Å². The Morgan fingerprint density at radius 2 is 1.43 bits per heavy atom. The van der Waals surface area contributed by atoms with Gasteiger partial charge in [0.15, 0.2) is 0 Å². The number of anilines is 1. The van der Waals surface area contributed by atoms with Crippen molar-refractivity contribution in [1.82, 2.24) is 9.80 Å². The highest BCUT2D eigenvalue weighted by atomic mass is 16.2. The lowest BCUT2D eigenvalue weighted by Gasteiger charge is -2.34. The normalized spacial score (nSPS) is 17.8. The van der Waals surface area contributed by atoms with E-state index in [1.165, 1.54) is 0 Å². The van der Waals surface area contributed by atoms with Gasteiger partial charge in [-0.25, -0.2) is 0 Å². The Kier molecular flexibility index (Phi) is 6.80. The molecule has 0 aliphatic carbocycles. The van der Waals surface area contributed by atoms with Gasteiger partial charge in [-0.1, -0.05) is 48.5 Å². The summed E-state index contributed by atoms with van der Waals surface area (Å²) in [5.41, 5.74) is 2.04. The molecule has 5 nitrogen and oxygen atoms in total. The highest BCUT2D eigenvalue weighted by molar-refractivity contribution is 5.94. The summed E-state index contributed by atoms with van der Waals surface area (Å²) in [5.74, 6) is 0.562. The number of likely N-dealkylation sites (tertiary alicyclic amines) is 2. The first-order chi connectivity index (χ1) is 14.7. The third kappa shape index (κ3) is 5.08. The van der Waals surface area contributed by atoms with E-state index < -0.39 is 0 Å². The number of para-hydroxylation sites is 1. The van der Waals surface area contributed by atoms with E-state index in [4.69, 9.17) is 0 Å². The smallest absolute Gasteiger partial charge is 0.241 e. The maximum atomic E-state index is 13.2. The van der Waals surface area contributed by atoms with Crippen LogP contribution in [-0.4, -0.2) is 54.3 Å². The van der Waals surface area contributed by atoms with E-state index in [1.54, 1.807) is 0 Å². The van der Waals surface area contributed by atoms with Crippen LogP contribution in [-0.2, 0) is 16.1 Å². The highest BCUT2D eigenvalue weighted by Crippen LogP contribution is 2.23. The quantitative estimate of drug-likeness (QED) is 0.738. The Morgan fingerprint density at radius 1 is 0.833 bits per heavy atom. The Balaban J connectivity index is 1.36. The van der Waals surface area contributed by atoms with Crippen LogP contribution in [0.5, 0.6) is 0 Å². The van der Waals surface area contributed by atoms with E-state index in [9.17, 15) is 9.59 Å². The van der Waals surface area contributed by atoms with Crippen molar-refractivity contribution < 1.29 is 9.59 Å². The second kappa shape index (κ2) is 9.90. The molecule has 0 saturated carbocycles. The fourth-order valence-corrected chi connectivity index (χ4v) is 4.51. The molecule has 0 radical (unpaired) electrons. The van der Waals surface area contributed by atoms with Gasteiger partial charge < -0.3 is 9.80 Å². The molecule has 2 amide bonds. The van der Waals surface area contributed by atoms with Crippen LogP contribution in [0.1, 0.15) is 31.2 Å². The molecule has 0 bridgehead atoms. The van der Waals surface area contributed by atoms with E-state index in [0.717, 1.165) is 63.1 Å². The van der Waals surface area contributed by atoms with Crippen LogP contribution >= 0.6 is 0 Å². The third-order valence-corrected chi connectivity index (χ3v) is 6.27. The number of amides is 2. The molecule has 4 rings (SSSR count). The molecule has 2 saturated heterocycles. The fourth-order valence-electron chi connectivity index (χ4n) is 4.51. The van der Waals surface area contributed by atoms with E-state index in [1.807, 2.05) is 58.3 Å². The Hall–Kier alpha value is -2.66. The van der Waals surface area contributed by atoms with Crippen molar-refractivity contribution in [1.29, 1.82) is 0 Å². The molecule has 0 spiro atoms.